The van der Waals surface area contributed by atoms with Crippen molar-refractivity contribution in [2.45, 2.75) is 32.9 Å². The minimum Gasteiger partial charge on any atom is -0.389 e. The second kappa shape index (κ2) is 3.53. The van der Waals surface area contributed by atoms with Crippen LogP contribution in [0.1, 0.15) is 31.9 Å². The van der Waals surface area contributed by atoms with E-state index in [9.17, 15) is 0 Å². The SMILES string of the molecule is CCCn1cc(C(C)O)cn1. The smallest absolute Gasteiger partial charge is 0.0792 e. The predicted octanol–water partition coefficient (Wildman–Crippen LogP) is 1.35. The normalized spacial score (nSPS) is 13.4. The molecule has 0 aliphatic rings. The summed E-state index contributed by atoms with van der Waals surface area (Å²) in [6, 6.07) is 0. The van der Waals surface area contributed by atoms with Gasteiger partial charge in [-0.3, -0.25) is 4.68 Å². The maximum atomic E-state index is 9.15. The van der Waals surface area contributed by atoms with E-state index in [1.165, 1.54) is 0 Å². The lowest BCUT2D eigenvalue weighted by Gasteiger charge is -1.97. The van der Waals surface area contributed by atoms with E-state index in [0.717, 1.165) is 18.5 Å². The topological polar surface area (TPSA) is 38.0 Å². The number of rotatable bonds is 3. The van der Waals surface area contributed by atoms with E-state index in [1.807, 2.05) is 10.9 Å². The average molecular weight is 154 g/mol. The quantitative estimate of drug-likeness (QED) is 0.713. The van der Waals surface area contributed by atoms with Gasteiger partial charge in [0.2, 0.25) is 0 Å². The zero-order chi connectivity index (χ0) is 8.27. The van der Waals surface area contributed by atoms with Crippen LogP contribution in [0.3, 0.4) is 0 Å². The van der Waals surface area contributed by atoms with Crippen molar-refractivity contribution in [2.75, 3.05) is 0 Å². The molecule has 1 heterocycles. The van der Waals surface area contributed by atoms with E-state index < -0.39 is 6.10 Å². The molecule has 0 bridgehead atoms. The molecule has 1 aromatic rings. The zero-order valence-electron chi connectivity index (χ0n) is 6.99. The highest BCUT2D eigenvalue weighted by atomic mass is 16.3. The van der Waals surface area contributed by atoms with Gasteiger partial charge < -0.3 is 5.11 Å². The summed E-state index contributed by atoms with van der Waals surface area (Å²) in [7, 11) is 0. The van der Waals surface area contributed by atoms with E-state index in [-0.39, 0.29) is 0 Å². The fourth-order valence-electron chi connectivity index (χ4n) is 0.947. The van der Waals surface area contributed by atoms with Crippen molar-refractivity contribution in [1.29, 1.82) is 0 Å². The molecule has 1 aromatic heterocycles. The molecule has 0 aromatic carbocycles. The number of hydrogen-bond acceptors (Lipinski definition) is 2. The van der Waals surface area contributed by atoms with Crippen LogP contribution in [-0.4, -0.2) is 14.9 Å². The monoisotopic (exact) mass is 154 g/mol. The molecule has 62 valence electrons. The van der Waals surface area contributed by atoms with Gasteiger partial charge in [0.25, 0.3) is 0 Å². The Hall–Kier alpha value is -0.830. The number of nitrogens with zero attached hydrogens (tertiary/aromatic N) is 2. The van der Waals surface area contributed by atoms with Crippen molar-refractivity contribution in [3.63, 3.8) is 0 Å². The van der Waals surface area contributed by atoms with Gasteiger partial charge in [0, 0.05) is 18.3 Å². The Kier molecular flexibility index (Phi) is 2.65. The molecule has 0 saturated heterocycles. The first-order chi connectivity index (χ1) is 5.24. The van der Waals surface area contributed by atoms with Crippen LogP contribution < -0.4 is 0 Å². The molecule has 1 atom stereocenters. The van der Waals surface area contributed by atoms with Gasteiger partial charge in [0.05, 0.1) is 12.3 Å². The van der Waals surface area contributed by atoms with E-state index in [0.29, 0.717) is 0 Å². The van der Waals surface area contributed by atoms with E-state index in [4.69, 9.17) is 5.11 Å². The molecule has 1 unspecified atom stereocenters. The van der Waals surface area contributed by atoms with Gasteiger partial charge >= 0.3 is 0 Å². The van der Waals surface area contributed by atoms with Crippen LogP contribution in [0.25, 0.3) is 0 Å². The summed E-state index contributed by atoms with van der Waals surface area (Å²) in [5.74, 6) is 0. The predicted molar refractivity (Wildman–Crippen MR) is 43.2 cm³/mol. The largest absolute Gasteiger partial charge is 0.389 e. The molecule has 0 aliphatic carbocycles. The lowest BCUT2D eigenvalue weighted by molar-refractivity contribution is 0.199. The van der Waals surface area contributed by atoms with E-state index >= 15 is 0 Å². The van der Waals surface area contributed by atoms with Crippen LogP contribution in [0.15, 0.2) is 12.4 Å². The third-order valence-electron chi connectivity index (χ3n) is 1.59. The molecule has 0 radical (unpaired) electrons. The summed E-state index contributed by atoms with van der Waals surface area (Å²) < 4.78 is 1.85. The maximum absolute atomic E-state index is 9.15. The summed E-state index contributed by atoms with van der Waals surface area (Å²) in [5.41, 5.74) is 0.887. The Morgan fingerprint density at radius 2 is 2.45 bits per heavy atom. The fraction of sp³-hybridized carbons (Fsp3) is 0.625. The van der Waals surface area contributed by atoms with Gasteiger partial charge in [-0.25, -0.2) is 0 Å². The number of hydrogen-bond donors (Lipinski definition) is 1. The number of aliphatic hydroxyl groups is 1. The molecular weight excluding hydrogens is 140 g/mol. The molecule has 11 heavy (non-hydrogen) atoms. The average Bonchev–Trinajstić information content (AvgIpc) is 2.37. The first kappa shape index (κ1) is 8.27. The van der Waals surface area contributed by atoms with Crippen LogP contribution in [0.5, 0.6) is 0 Å². The molecule has 0 saturated carbocycles. The third-order valence-corrected chi connectivity index (χ3v) is 1.59. The summed E-state index contributed by atoms with van der Waals surface area (Å²) in [4.78, 5) is 0. The molecule has 0 spiro atoms. The van der Waals surface area contributed by atoms with Gasteiger partial charge in [-0.2, -0.15) is 5.10 Å². The van der Waals surface area contributed by atoms with Crippen LogP contribution in [0.4, 0.5) is 0 Å². The highest BCUT2D eigenvalue weighted by Crippen LogP contribution is 2.09. The van der Waals surface area contributed by atoms with Crippen molar-refractivity contribution in [3.8, 4) is 0 Å². The molecule has 1 N–H and O–H groups in total. The van der Waals surface area contributed by atoms with Gasteiger partial charge in [0.15, 0.2) is 0 Å². The molecule has 0 aliphatic heterocycles. The summed E-state index contributed by atoms with van der Waals surface area (Å²) in [6.45, 7) is 4.77. The summed E-state index contributed by atoms with van der Waals surface area (Å²) >= 11 is 0. The lowest BCUT2D eigenvalue weighted by atomic mass is 10.2. The third kappa shape index (κ3) is 2.05. The first-order valence-electron chi connectivity index (χ1n) is 3.94. The van der Waals surface area contributed by atoms with E-state index in [1.54, 1.807) is 13.1 Å². The summed E-state index contributed by atoms with van der Waals surface area (Å²) in [5, 5.41) is 13.2. The van der Waals surface area contributed by atoms with Crippen molar-refractivity contribution in [2.24, 2.45) is 0 Å². The highest BCUT2D eigenvalue weighted by Gasteiger charge is 2.02. The van der Waals surface area contributed by atoms with Gasteiger partial charge in [-0.15, -0.1) is 0 Å². The number of aliphatic hydroxyl groups excluding tert-OH is 1. The Balaban J connectivity index is 2.66. The Labute approximate surface area is 66.7 Å². The first-order valence-corrected chi connectivity index (χ1v) is 3.94. The van der Waals surface area contributed by atoms with Crippen LogP contribution >= 0.6 is 0 Å². The number of aryl methyl sites for hydroxylation is 1. The van der Waals surface area contributed by atoms with Gasteiger partial charge in [-0.05, 0) is 13.3 Å². The molecule has 0 amide bonds. The van der Waals surface area contributed by atoms with Crippen LogP contribution in [0, 0.1) is 0 Å². The van der Waals surface area contributed by atoms with E-state index in [2.05, 4.69) is 12.0 Å². The second-order valence-electron chi connectivity index (χ2n) is 2.71. The highest BCUT2D eigenvalue weighted by molar-refractivity contribution is 5.06. The van der Waals surface area contributed by atoms with Crippen molar-refractivity contribution in [1.82, 2.24) is 9.78 Å². The van der Waals surface area contributed by atoms with Crippen LogP contribution in [0.2, 0.25) is 0 Å². The fourth-order valence-corrected chi connectivity index (χ4v) is 0.947. The molecule has 1 rings (SSSR count). The molecule has 3 heteroatoms. The Morgan fingerprint density at radius 1 is 1.73 bits per heavy atom. The van der Waals surface area contributed by atoms with Gasteiger partial charge in [0.1, 0.15) is 0 Å². The maximum Gasteiger partial charge on any atom is 0.0792 e. The molecule has 0 fully saturated rings. The van der Waals surface area contributed by atoms with Crippen LogP contribution in [-0.2, 0) is 6.54 Å². The minimum absolute atomic E-state index is 0.402. The zero-order valence-corrected chi connectivity index (χ0v) is 6.99. The minimum atomic E-state index is -0.402. The molecule has 3 nitrogen and oxygen atoms in total. The number of aromatic nitrogens is 2. The van der Waals surface area contributed by atoms with Crippen molar-refractivity contribution in [3.05, 3.63) is 18.0 Å². The van der Waals surface area contributed by atoms with Crippen molar-refractivity contribution >= 4 is 0 Å². The Bertz CT molecular complexity index is 218. The van der Waals surface area contributed by atoms with Crippen molar-refractivity contribution < 1.29 is 5.11 Å². The van der Waals surface area contributed by atoms with Gasteiger partial charge in [-0.1, -0.05) is 6.92 Å². The second-order valence-corrected chi connectivity index (χ2v) is 2.71. The summed E-state index contributed by atoms with van der Waals surface area (Å²) in [6.07, 6.45) is 4.26. The standard InChI is InChI=1S/C8H14N2O/c1-3-4-10-6-8(5-9-10)7(2)11/h5-7,11H,3-4H2,1-2H3. The molecular formula is C8H14N2O. The lowest BCUT2D eigenvalue weighted by Crippen LogP contribution is -1.96. The Morgan fingerprint density at radius 3 is 2.91 bits per heavy atom.